The lowest BCUT2D eigenvalue weighted by atomic mass is 10.1. The smallest absolute Gasteiger partial charge is 0.307 e. The quantitative estimate of drug-likeness (QED) is 0.362. The molecule has 0 unspecified atom stereocenters. The largest absolute Gasteiger partial charge is 0.469 e. The van der Waals surface area contributed by atoms with E-state index in [0.717, 1.165) is 11.1 Å². The number of hydrogen-bond donors (Lipinski definition) is 2. The van der Waals surface area contributed by atoms with E-state index in [2.05, 4.69) is 15.4 Å². The summed E-state index contributed by atoms with van der Waals surface area (Å²) in [4.78, 5) is 23.0. The summed E-state index contributed by atoms with van der Waals surface area (Å²) < 4.78 is 4.49. The maximum absolute atomic E-state index is 12.0. The number of carbonyl (C=O) groups is 2. The van der Waals surface area contributed by atoms with E-state index in [1.165, 1.54) is 13.3 Å². The zero-order chi connectivity index (χ0) is 16.5. The molecular weight excluding hydrogens is 282 g/mol. The Balaban J connectivity index is 2.64. The summed E-state index contributed by atoms with van der Waals surface area (Å²) in [6.45, 7) is 4.13. The molecule has 6 heteroatoms. The molecule has 1 amide bonds. The second-order valence-electron chi connectivity index (χ2n) is 4.72. The molecule has 2 N–H and O–H groups in total. The van der Waals surface area contributed by atoms with Gasteiger partial charge in [0.05, 0.1) is 13.5 Å². The minimum absolute atomic E-state index is 0.0650. The lowest BCUT2D eigenvalue weighted by molar-refractivity contribution is -0.140. The van der Waals surface area contributed by atoms with Gasteiger partial charge in [-0.1, -0.05) is 17.7 Å². The molecule has 0 aliphatic rings. The number of ether oxygens (including phenoxy) is 1. The van der Waals surface area contributed by atoms with Crippen molar-refractivity contribution in [3.8, 4) is 6.07 Å². The third kappa shape index (κ3) is 5.29. The van der Waals surface area contributed by atoms with Gasteiger partial charge in [0.2, 0.25) is 0 Å². The van der Waals surface area contributed by atoms with Crippen molar-refractivity contribution < 1.29 is 14.3 Å². The van der Waals surface area contributed by atoms with E-state index in [9.17, 15) is 9.59 Å². The standard InChI is InChI=1S/C16H19N3O3/c1-11-4-5-14(12(2)8-11)19-16(21)13(9-17)10-18-7-6-15(20)22-3/h4-5,8,10,18H,6-7H2,1-3H3,(H,19,21)/b13-10-. The fourth-order valence-corrected chi connectivity index (χ4v) is 1.74. The highest BCUT2D eigenvalue weighted by Crippen LogP contribution is 2.16. The van der Waals surface area contributed by atoms with E-state index < -0.39 is 5.91 Å². The fraction of sp³-hybridized carbons (Fsp3) is 0.312. The van der Waals surface area contributed by atoms with Crippen LogP contribution in [0.5, 0.6) is 0 Å². The van der Waals surface area contributed by atoms with Crippen LogP contribution < -0.4 is 10.6 Å². The van der Waals surface area contributed by atoms with Gasteiger partial charge in [0.25, 0.3) is 5.91 Å². The second kappa shape index (κ2) is 8.47. The number of rotatable bonds is 6. The van der Waals surface area contributed by atoms with Crippen LogP contribution in [-0.2, 0) is 14.3 Å². The summed E-state index contributed by atoms with van der Waals surface area (Å²) in [7, 11) is 1.30. The van der Waals surface area contributed by atoms with Gasteiger partial charge < -0.3 is 15.4 Å². The van der Waals surface area contributed by atoms with E-state index >= 15 is 0 Å². The molecule has 0 atom stereocenters. The van der Waals surface area contributed by atoms with Crippen LogP contribution in [0.4, 0.5) is 5.69 Å². The van der Waals surface area contributed by atoms with E-state index in [1.807, 2.05) is 32.0 Å². The van der Waals surface area contributed by atoms with Crippen LogP contribution in [0.25, 0.3) is 0 Å². The third-order valence-corrected chi connectivity index (χ3v) is 2.94. The third-order valence-electron chi connectivity index (χ3n) is 2.94. The first-order valence-corrected chi connectivity index (χ1v) is 6.77. The average Bonchev–Trinajstić information content (AvgIpc) is 2.49. The van der Waals surface area contributed by atoms with Gasteiger partial charge in [0, 0.05) is 18.4 Å². The highest BCUT2D eigenvalue weighted by atomic mass is 16.5. The number of esters is 1. The number of benzene rings is 1. The molecule has 0 aromatic heterocycles. The van der Waals surface area contributed by atoms with Crippen LogP contribution in [-0.4, -0.2) is 25.5 Å². The number of methoxy groups -OCH3 is 1. The lowest BCUT2D eigenvalue weighted by Crippen LogP contribution is -2.19. The summed E-state index contributed by atoms with van der Waals surface area (Å²) in [5.74, 6) is -0.862. The lowest BCUT2D eigenvalue weighted by Gasteiger charge is -2.08. The van der Waals surface area contributed by atoms with Crippen LogP contribution in [0.1, 0.15) is 17.5 Å². The van der Waals surface area contributed by atoms with E-state index in [-0.39, 0.29) is 24.5 Å². The molecule has 0 saturated heterocycles. The van der Waals surface area contributed by atoms with E-state index in [1.54, 1.807) is 6.07 Å². The van der Waals surface area contributed by atoms with Crippen molar-refractivity contribution in [2.45, 2.75) is 20.3 Å². The van der Waals surface area contributed by atoms with Gasteiger partial charge in [-0.25, -0.2) is 0 Å². The molecule has 22 heavy (non-hydrogen) atoms. The van der Waals surface area contributed by atoms with E-state index in [4.69, 9.17) is 5.26 Å². The molecule has 1 aromatic rings. The minimum Gasteiger partial charge on any atom is -0.469 e. The average molecular weight is 301 g/mol. The summed E-state index contributed by atoms with van der Waals surface area (Å²) in [5.41, 5.74) is 2.61. The van der Waals surface area contributed by atoms with Crippen molar-refractivity contribution in [1.29, 1.82) is 5.26 Å². The SMILES string of the molecule is COC(=O)CCN/C=C(/C#N)C(=O)Nc1ccc(C)cc1C. The predicted molar refractivity (Wildman–Crippen MR) is 82.9 cm³/mol. The van der Waals surface area contributed by atoms with Crippen molar-refractivity contribution in [2.75, 3.05) is 19.0 Å². The topological polar surface area (TPSA) is 91.2 Å². The van der Waals surface area contributed by atoms with Gasteiger partial charge >= 0.3 is 5.97 Å². The van der Waals surface area contributed by atoms with E-state index in [0.29, 0.717) is 5.69 Å². The summed E-state index contributed by atoms with van der Waals surface area (Å²) in [5, 5.41) is 14.5. The van der Waals surface area contributed by atoms with Gasteiger partial charge in [-0.2, -0.15) is 5.26 Å². The molecule has 1 aromatic carbocycles. The summed E-state index contributed by atoms with van der Waals surface area (Å²) >= 11 is 0. The Labute approximate surface area is 129 Å². The molecule has 0 bridgehead atoms. The Morgan fingerprint density at radius 2 is 2.09 bits per heavy atom. The van der Waals surface area contributed by atoms with Gasteiger partial charge in [-0.05, 0) is 25.5 Å². The molecule has 116 valence electrons. The molecule has 0 radical (unpaired) electrons. The van der Waals surface area contributed by atoms with Gasteiger partial charge in [0.15, 0.2) is 0 Å². The Hall–Kier alpha value is -2.81. The van der Waals surface area contributed by atoms with Crippen LogP contribution >= 0.6 is 0 Å². The molecule has 0 saturated carbocycles. The Morgan fingerprint density at radius 3 is 2.68 bits per heavy atom. The summed E-state index contributed by atoms with van der Waals surface area (Å²) in [6.07, 6.45) is 1.45. The number of carbonyl (C=O) groups excluding carboxylic acids is 2. The maximum Gasteiger partial charge on any atom is 0.307 e. The molecule has 0 spiro atoms. The van der Waals surface area contributed by atoms with Crippen molar-refractivity contribution in [1.82, 2.24) is 5.32 Å². The highest BCUT2D eigenvalue weighted by molar-refractivity contribution is 6.06. The Morgan fingerprint density at radius 1 is 1.36 bits per heavy atom. The molecule has 0 fully saturated rings. The number of nitriles is 1. The number of nitrogens with one attached hydrogen (secondary N) is 2. The van der Waals surface area contributed by atoms with Crippen molar-refractivity contribution in [3.63, 3.8) is 0 Å². The molecule has 0 aliphatic carbocycles. The number of nitrogens with zero attached hydrogens (tertiary/aromatic N) is 1. The number of hydrogen-bond acceptors (Lipinski definition) is 5. The number of aryl methyl sites for hydroxylation is 2. The van der Waals surface area contributed by atoms with Gasteiger partial charge in [-0.15, -0.1) is 0 Å². The number of anilines is 1. The second-order valence-corrected chi connectivity index (χ2v) is 4.72. The summed E-state index contributed by atoms with van der Waals surface area (Å²) in [6, 6.07) is 7.45. The van der Waals surface area contributed by atoms with Crippen molar-refractivity contribution in [2.24, 2.45) is 0 Å². The van der Waals surface area contributed by atoms with Crippen LogP contribution in [0.3, 0.4) is 0 Å². The predicted octanol–water partition coefficient (Wildman–Crippen LogP) is 1.80. The maximum atomic E-state index is 12.0. The molecular formula is C16H19N3O3. The van der Waals surface area contributed by atoms with Gasteiger partial charge in [-0.3, -0.25) is 9.59 Å². The van der Waals surface area contributed by atoms with Crippen molar-refractivity contribution >= 4 is 17.6 Å². The monoisotopic (exact) mass is 301 g/mol. The molecule has 6 nitrogen and oxygen atoms in total. The minimum atomic E-state index is -0.500. The Bertz CT molecular complexity index is 630. The first-order valence-electron chi connectivity index (χ1n) is 6.77. The van der Waals surface area contributed by atoms with Crippen LogP contribution in [0, 0.1) is 25.2 Å². The van der Waals surface area contributed by atoms with Crippen molar-refractivity contribution in [3.05, 3.63) is 41.1 Å². The fourth-order valence-electron chi connectivity index (χ4n) is 1.74. The highest BCUT2D eigenvalue weighted by Gasteiger charge is 2.10. The van der Waals surface area contributed by atoms with Gasteiger partial charge in [0.1, 0.15) is 11.6 Å². The molecule has 1 rings (SSSR count). The first-order chi connectivity index (χ1) is 10.5. The Kier molecular flexibility index (Phi) is 6.64. The molecule has 0 heterocycles. The normalized spacial score (nSPS) is 10.5. The van der Waals surface area contributed by atoms with Crippen LogP contribution in [0.2, 0.25) is 0 Å². The zero-order valence-corrected chi connectivity index (χ0v) is 12.9. The first kappa shape index (κ1) is 17.2. The molecule has 0 aliphatic heterocycles. The van der Waals surface area contributed by atoms with Crippen LogP contribution in [0.15, 0.2) is 30.0 Å². The number of amides is 1. The zero-order valence-electron chi connectivity index (χ0n) is 12.9.